The lowest BCUT2D eigenvalue weighted by Crippen LogP contribution is -2.58. The zero-order valence-corrected chi connectivity index (χ0v) is 14.5. The lowest BCUT2D eigenvalue weighted by atomic mass is 9.49. The Labute approximate surface area is 141 Å². The van der Waals surface area contributed by atoms with Gasteiger partial charge in [0.25, 0.3) is 0 Å². The van der Waals surface area contributed by atoms with E-state index in [9.17, 15) is 14.4 Å². The molecule has 0 aromatic heterocycles. The Kier molecular flexibility index (Phi) is 3.78. The molecule has 1 aromatic carbocycles. The molecule has 2 aliphatic rings. The van der Waals surface area contributed by atoms with Crippen LogP contribution in [-0.4, -0.2) is 31.8 Å². The highest BCUT2D eigenvalue weighted by Crippen LogP contribution is 2.56. The minimum atomic E-state index is -0.991. The van der Waals surface area contributed by atoms with Crippen molar-refractivity contribution in [1.29, 1.82) is 0 Å². The largest absolute Gasteiger partial charge is 0.497 e. The summed E-state index contributed by atoms with van der Waals surface area (Å²) in [6.45, 7) is 3.72. The van der Waals surface area contributed by atoms with Gasteiger partial charge in [-0.1, -0.05) is 13.3 Å². The van der Waals surface area contributed by atoms with Crippen LogP contribution < -0.4 is 4.74 Å². The van der Waals surface area contributed by atoms with Gasteiger partial charge in [-0.05, 0) is 43.5 Å². The molecule has 1 aromatic rings. The van der Waals surface area contributed by atoms with E-state index in [1.54, 1.807) is 26.2 Å². The van der Waals surface area contributed by atoms with Gasteiger partial charge in [-0.3, -0.25) is 14.4 Å². The molecule has 1 saturated carbocycles. The molecule has 1 fully saturated rings. The van der Waals surface area contributed by atoms with Gasteiger partial charge in [-0.25, -0.2) is 0 Å². The van der Waals surface area contributed by atoms with Crippen LogP contribution in [0.4, 0.5) is 0 Å². The first-order valence-corrected chi connectivity index (χ1v) is 8.15. The Morgan fingerprint density at radius 3 is 2.50 bits per heavy atom. The highest BCUT2D eigenvalue weighted by Gasteiger charge is 2.61. The lowest BCUT2D eigenvalue weighted by molar-refractivity contribution is -0.163. The predicted molar refractivity (Wildman–Crippen MR) is 87.1 cm³/mol. The fraction of sp³-hybridized carbons (Fsp3) is 0.526. The second-order valence-corrected chi connectivity index (χ2v) is 7.22. The maximum atomic E-state index is 12.9. The van der Waals surface area contributed by atoms with E-state index in [1.165, 1.54) is 7.11 Å². The third-order valence-corrected chi connectivity index (χ3v) is 5.89. The Hall–Kier alpha value is -2.17. The van der Waals surface area contributed by atoms with Gasteiger partial charge in [0.15, 0.2) is 0 Å². The van der Waals surface area contributed by atoms with Crippen LogP contribution in [-0.2, 0) is 19.7 Å². The number of rotatable bonds is 2. The Morgan fingerprint density at radius 2 is 1.88 bits per heavy atom. The van der Waals surface area contributed by atoms with Crippen molar-refractivity contribution in [1.82, 2.24) is 0 Å². The zero-order valence-electron chi connectivity index (χ0n) is 14.5. The number of ketones is 2. The average molecular weight is 330 g/mol. The molecule has 0 radical (unpaired) electrons. The van der Waals surface area contributed by atoms with Crippen molar-refractivity contribution < 1.29 is 23.9 Å². The number of benzene rings is 1. The van der Waals surface area contributed by atoms with Crippen molar-refractivity contribution in [3.8, 4) is 5.75 Å². The number of hydrogen-bond donors (Lipinski definition) is 0. The summed E-state index contributed by atoms with van der Waals surface area (Å²) in [7, 11) is 2.89. The molecule has 0 aliphatic heterocycles. The van der Waals surface area contributed by atoms with E-state index in [4.69, 9.17) is 9.47 Å². The van der Waals surface area contributed by atoms with E-state index in [0.29, 0.717) is 17.7 Å². The van der Waals surface area contributed by atoms with Gasteiger partial charge in [0, 0.05) is 11.0 Å². The number of methoxy groups -OCH3 is 2. The predicted octanol–water partition coefficient (Wildman–Crippen LogP) is 2.70. The number of ether oxygens (including phenoxy) is 2. The first kappa shape index (κ1) is 16.7. The van der Waals surface area contributed by atoms with Crippen LogP contribution in [0.15, 0.2) is 18.2 Å². The van der Waals surface area contributed by atoms with Crippen molar-refractivity contribution in [2.45, 2.75) is 38.5 Å². The van der Waals surface area contributed by atoms with Crippen LogP contribution in [0.25, 0.3) is 0 Å². The minimum Gasteiger partial charge on any atom is -0.497 e. The van der Waals surface area contributed by atoms with Gasteiger partial charge in [0.05, 0.1) is 25.6 Å². The van der Waals surface area contributed by atoms with Gasteiger partial charge in [-0.15, -0.1) is 0 Å². The van der Waals surface area contributed by atoms with E-state index < -0.39 is 34.3 Å². The van der Waals surface area contributed by atoms with Gasteiger partial charge in [0.2, 0.25) is 11.6 Å². The van der Waals surface area contributed by atoms with Crippen LogP contribution in [0.1, 0.15) is 49.0 Å². The highest BCUT2D eigenvalue weighted by atomic mass is 16.5. The van der Waals surface area contributed by atoms with Gasteiger partial charge < -0.3 is 9.47 Å². The molecule has 0 amide bonds. The molecule has 128 valence electrons. The normalized spacial score (nSPS) is 31.9. The standard InChI is InChI=1S/C19H22O5/c1-18-8-5-9-19(2,17(22)24-4)16(18)15(21)14(20)12-7-6-11(23-3)10-13(12)18/h6-7,10,16H,5,8-9H2,1-4H3/t16-,18?,19-/m1/s1. The topological polar surface area (TPSA) is 69.7 Å². The Bertz CT molecular complexity index is 737. The Morgan fingerprint density at radius 1 is 1.17 bits per heavy atom. The van der Waals surface area contributed by atoms with Crippen molar-refractivity contribution in [2.75, 3.05) is 14.2 Å². The molecule has 1 unspecified atom stereocenters. The highest BCUT2D eigenvalue weighted by molar-refractivity contribution is 6.46. The van der Waals surface area contributed by atoms with Crippen molar-refractivity contribution in [3.05, 3.63) is 29.3 Å². The minimum absolute atomic E-state index is 0.425. The monoisotopic (exact) mass is 330 g/mol. The smallest absolute Gasteiger partial charge is 0.312 e. The van der Waals surface area contributed by atoms with E-state index in [0.717, 1.165) is 18.4 Å². The van der Waals surface area contributed by atoms with Crippen LogP contribution in [0.3, 0.4) is 0 Å². The molecule has 24 heavy (non-hydrogen) atoms. The second kappa shape index (κ2) is 5.43. The lowest BCUT2D eigenvalue weighted by Gasteiger charge is -2.52. The average Bonchev–Trinajstić information content (AvgIpc) is 2.58. The number of carbonyl (C=O) groups excluding carboxylic acids is 3. The van der Waals surface area contributed by atoms with Crippen molar-refractivity contribution >= 4 is 17.5 Å². The number of Topliss-reactive ketones (excluding diaryl/α,β-unsaturated/α-hetero) is 2. The van der Waals surface area contributed by atoms with Crippen LogP contribution in [0.5, 0.6) is 5.75 Å². The van der Waals surface area contributed by atoms with Crippen LogP contribution >= 0.6 is 0 Å². The third-order valence-electron chi connectivity index (χ3n) is 5.89. The fourth-order valence-electron chi connectivity index (χ4n) is 4.72. The molecule has 0 saturated heterocycles. The summed E-state index contributed by atoms with van der Waals surface area (Å²) in [4.78, 5) is 38.1. The van der Waals surface area contributed by atoms with Crippen molar-refractivity contribution in [3.63, 3.8) is 0 Å². The third kappa shape index (κ3) is 2.03. The quantitative estimate of drug-likeness (QED) is 0.616. The van der Waals surface area contributed by atoms with E-state index >= 15 is 0 Å². The molecule has 2 aliphatic carbocycles. The zero-order chi connectivity index (χ0) is 17.7. The SMILES string of the molecule is COC(=O)[C@]1(C)CCCC2(C)c3cc(OC)ccc3C(=O)C(=O)[C@H]21. The first-order chi connectivity index (χ1) is 11.3. The molecule has 0 bridgehead atoms. The van der Waals surface area contributed by atoms with Crippen LogP contribution in [0.2, 0.25) is 0 Å². The number of carbonyl (C=O) groups is 3. The van der Waals surface area contributed by atoms with Gasteiger partial charge >= 0.3 is 5.97 Å². The maximum Gasteiger partial charge on any atom is 0.312 e. The number of esters is 1. The summed E-state index contributed by atoms with van der Waals surface area (Å²) in [5.41, 5.74) is -0.356. The summed E-state index contributed by atoms with van der Waals surface area (Å²) >= 11 is 0. The molecule has 3 rings (SSSR count). The molecular weight excluding hydrogens is 308 g/mol. The molecular formula is C19H22O5. The maximum absolute atomic E-state index is 12.9. The Balaban J connectivity index is 2.25. The summed E-state index contributed by atoms with van der Waals surface area (Å²) in [6.07, 6.45) is 2.07. The summed E-state index contributed by atoms with van der Waals surface area (Å²) in [6, 6.07) is 5.17. The molecule has 3 atom stereocenters. The van der Waals surface area contributed by atoms with Gasteiger partial charge in [0.1, 0.15) is 5.75 Å². The number of fused-ring (bicyclic) bond motifs is 3. The molecule has 5 nitrogen and oxygen atoms in total. The summed E-state index contributed by atoms with van der Waals surface area (Å²) in [5, 5.41) is 0. The first-order valence-electron chi connectivity index (χ1n) is 8.15. The van der Waals surface area contributed by atoms with E-state index in [1.807, 2.05) is 13.0 Å². The van der Waals surface area contributed by atoms with Crippen molar-refractivity contribution in [2.24, 2.45) is 11.3 Å². The van der Waals surface area contributed by atoms with Crippen LogP contribution in [0, 0.1) is 11.3 Å². The van der Waals surface area contributed by atoms with Gasteiger partial charge in [-0.2, -0.15) is 0 Å². The molecule has 0 N–H and O–H groups in total. The summed E-state index contributed by atoms with van der Waals surface area (Å²) in [5.74, 6) is -1.50. The van der Waals surface area contributed by atoms with E-state index in [2.05, 4.69) is 0 Å². The summed E-state index contributed by atoms with van der Waals surface area (Å²) < 4.78 is 10.3. The molecule has 5 heteroatoms. The molecule has 0 heterocycles. The molecule has 0 spiro atoms. The second-order valence-electron chi connectivity index (χ2n) is 7.22. The van der Waals surface area contributed by atoms with E-state index in [-0.39, 0.29) is 0 Å². The number of hydrogen-bond acceptors (Lipinski definition) is 5. The fourth-order valence-corrected chi connectivity index (χ4v) is 4.72.